The van der Waals surface area contributed by atoms with E-state index >= 15 is 0 Å². The summed E-state index contributed by atoms with van der Waals surface area (Å²) in [6.45, 7) is 8.88. The van der Waals surface area contributed by atoms with Crippen LogP contribution in [0.25, 0.3) is 10.4 Å². The van der Waals surface area contributed by atoms with Crippen LogP contribution in [0.3, 0.4) is 0 Å². The highest BCUT2D eigenvalue weighted by Crippen LogP contribution is 2.35. The Kier molecular flexibility index (Phi) is 21.8. The average molecular weight is 962 g/mol. The Hall–Kier alpha value is -5.57. The van der Waals surface area contributed by atoms with Crippen LogP contribution in [-0.4, -0.2) is 113 Å². The van der Waals surface area contributed by atoms with Crippen LogP contribution in [0.2, 0.25) is 5.02 Å². The molecule has 3 aromatic carbocycles. The number of amides is 4. The van der Waals surface area contributed by atoms with E-state index in [2.05, 4.69) is 41.4 Å². The third-order valence-electron chi connectivity index (χ3n) is 9.33. The normalized spacial score (nSPS) is 13.4. The van der Waals surface area contributed by atoms with Gasteiger partial charge < -0.3 is 39.8 Å². The number of halogens is 4. The molecule has 0 spiro atoms. The Balaban J connectivity index is 1.36. The van der Waals surface area contributed by atoms with Crippen molar-refractivity contribution < 1.29 is 51.3 Å². The molecule has 4 rings (SSSR count). The molecule has 0 radical (unpaired) electrons. The fourth-order valence-corrected chi connectivity index (χ4v) is 7.46. The van der Waals surface area contributed by atoms with Gasteiger partial charge in [-0.25, -0.2) is 10.2 Å². The highest BCUT2D eigenvalue weighted by Gasteiger charge is 2.33. The van der Waals surface area contributed by atoms with E-state index < -0.39 is 52.2 Å². The van der Waals surface area contributed by atoms with Crippen LogP contribution in [0.4, 0.5) is 29.3 Å². The second kappa shape index (κ2) is 27.2. The molecule has 22 heteroatoms. The minimum Gasteiger partial charge on any atom is -0.444 e. The lowest BCUT2D eigenvalue weighted by molar-refractivity contribution is -0.137. The van der Waals surface area contributed by atoms with E-state index in [1.807, 2.05) is 6.07 Å². The molecule has 0 aliphatic carbocycles. The Morgan fingerprint density at radius 2 is 1.62 bits per heavy atom. The predicted molar refractivity (Wildman–Crippen MR) is 247 cm³/mol. The van der Waals surface area contributed by atoms with Crippen LogP contribution < -0.4 is 26.3 Å². The molecule has 3 aromatic rings. The summed E-state index contributed by atoms with van der Waals surface area (Å²) >= 11 is 7.08. The van der Waals surface area contributed by atoms with Crippen LogP contribution in [-0.2, 0) is 35.7 Å². The van der Waals surface area contributed by atoms with Crippen molar-refractivity contribution in [2.24, 2.45) is 10.2 Å². The van der Waals surface area contributed by atoms with Crippen molar-refractivity contribution in [3.05, 3.63) is 104 Å². The minimum absolute atomic E-state index is 0.0551. The molecule has 1 saturated heterocycles. The molecule has 66 heavy (non-hydrogen) atoms. The van der Waals surface area contributed by atoms with Crippen molar-refractivity contribution in [3.63, 3.8) is 0 Å². The highest BCUT2D eigenvalue weighted by atomic mass is 35.5. The maximum absolute atomic E-state index is 13.7. The lowest BCUT2D eigenvalue weighted by atomic mass is 10.1. The molecule has 1 aliphatic rings. The van der Waals surface area contributed by atoms with Crippen molar-refractivity contribution in [1.29, 1.82) is 0 Å². The SMILES string of the molecule is CC(C)(C)OC(=O)NC(CSCc1cccc(C(=O)Nc2ccc(N3CCCCC3)cc2C(=O)NN=Cc2ccc(Cl)c(C(F)(F)F)c2)c1)C(=O)NCCOCCOCCOCCN=[N+]=[N-]. The van der Waals surface area contributed by atoms with Gasteiger partial charge in [0.1, 0.15) is 11.6 Å². The second-order valence-corrected chi connectivity index (χ2v) is 17.1. The number of alkyl halides is 3. The van der Waals surface area contributed by atoms with Crippen molar-refractivity contribution in [3.8, 4) is 0 Å². The van der Waals surface area contributed by atoms with Crippen LogP contribution >= 0.6 is 23.4 Å². The highest BCUT2D eigenvalue weighted by molar-refractivity contribution is 7.98. The third kappa shape index (κ3) is 19.1. The zero-order valence-corrected chi connectivity index (χ0v) is 38.5. The number of azide groups is 1. The van der Waals surface area contributed by atoms with Crippen molar-refractivity contribution in [2.75, 3.05) is 81.8 Å². The van der Waals surface area contributed by atoms with Gasteiger partial charge >= 0.3 is 12.3 Å². The van der Waals surface area contributed by atoms with E-state index in [1.54, 1.807) is 57.2 Å². The number of carbonyl (C=O) groups excluding carboxylic acids is 4. The Labute approximate surface area is 390 Å². The number of carbonyl (C=O) groups is 4. The van der Waals surface area contributed by atoms with Gasteiger partial charge in [0, 0.05) is 53.8 Å². The van der Waals surface area contributed by atoms with Crippen LogP contribution in [0.1, 0.15) is 77.4 Å². The van der Waals surface area contributed by atoms with Gasteiger partial charge in [-0.3, -0.25) is 14.4 Å². The van der Waals surface area contributed by atoms with Crippen LogP contribution in [0, 0.1) is 0 Å². The molecule has 358 valence electrons. The predicted octanol–water partition coefficient (Wildman–Crippen LogP) is 7.97. The van der Waals surface area contributed by atoms with Crippen molar-refractivity contribution in [1.82, 2.24) is 16.1 Å². The number of alkyl carbamates (subject to hydrolysis) is 1. The van der Waals surface area contributed by atoms with E-state index in [0.717, 1.165) is 62.0 Å². The Morgan fingerprint density at radius 1 is 0.909 bits per heavy atom. The lowest BCUT2D eigenvalue weighted by Crippen LogP contribution is -2.50. The summed E-state index contributed by atoms with van der Waals surface area (Å²) < 4.78 is 61.8. The number of hydrogen-bond donors (Lipinski definition) is 4. The number of nitrogens with one attached hydrogen (secondary N) is 4. The number of benzene rings is 3. The Morgan fingerprint density at radius 3 is 2.32 bits per heavy atom. The van der Waals surface area contributed by atoms with Gasteiger partial charge in [0.25, 0.3) is 11.8 Å². The van der Waals surface area contributed by atoms with Crippen molar-refractivity contribution in [2.45, 2.75) is 63.6 Å². The van der Waals surface area contributed by atoms with E-state index in [9.17, 15) is 32.3 Å². The summed E-state index contributed by atoms with van der Waals surface area (Å²) in [7, 11) is 0. The largest absolute Gasteiger partial charge is 0.444 e. The molecule has 0 saturated carbocycles. The second-order valence-electron chi connectivity index (χ2n) is 15.7. The molecule has 1 atom stereocenters. The summed E-state index contributed by atoms with van der Waals surface area (Å²) in [4.78, 5) is 58.0. The van der Waals surface area contributed by atoms with Gasteiger partial charge in [-0.05, 0) is 99.2 Å². The first kappa shape index (κ1) is 53.0. The topological polar surface area (TPSA) is 218 Å². The first-order valence-corrected chi connectivity index (χ1v) is 22.7. The fourth-order valence-electron chi connectivity index (χ4n) is 6.23. The number of thioether (sulfide) groups is 1. The molecular weight excluding hydrogens is 907 g/mol. The molecule has 17 nitrogen and oxygen atoms in total. The molecule has 1 fully saturated rings. The standard InChI is InChI=1S/C44H55ClF3N9O8S/c1-43(2,3)65-42(61)54-38(41(60)50-14-18-62-20-22-64-23-21-63-19-15-51-56-49)29-66-28-31-8-7-9-32(24-31)39(58)53-37-13-11-33(57-16-5-4-6-17-57)26-34(37)40(59)55-52-27-30-10-12-36(45)35(25-30)44(46,47)48/h7-13,24-27,38H,4-6,14-23,28-29H2,1-3H3,(H,50,60)(H,53,58)(H,54,61)(H,55,59). The van der Waals surface area contributed by atoms with E-state index in [0.29, 0.717) is 32.2 Å². The number of ether oxygens (including phenoxy) is 4. The number of hydrazone groups is 1. The average Bonchev–Trinajstić information content (AvgIpc) is 3.27. The molecular formula is C44H55ClF3N9O8S. The first-order chi connectivity index (χ1) is 31.5. The lowest BCUT2D eigenvalue weighted by Gasteiger charge is -2.29. The van der Waals surface area contributed by atoms with E-state index in [-0.39, 0.29) is 54.4 Å². The van der Waals surface area contributed by atoms with Gasteiger partial charge in [0.15, 0.2) is 0 Å². The quantitative estimate of drug-likeness (QED) is 0.0170. The molecule has 1 heterocycles. The summed E-state index contributed by atoms with van der Waals surface area (Å²) in [5.41, 5.74) is 10.9. The number of anilines is 2. The smallest absolute Gasteiger partial charge is 0.417 e. The summed E-state index contributed by atoms with van der Waals surface area (Å²) in [5, 5.41) is 15.0. The molecule has 0 aromatic heterocycles. The van der Waals surface area contributed by atoms with Gasteiger partial charge in [0.2, 0.25) is 5.91 Å². The van der Waals surface area contributed by atoms with Gasteiger partial charge in [-0.1, -0.05) is 34.9 Å². The van der Waals surface area contributed by atoms with Crippen molar-refractivity contribution >= 4 is 64.8 Å². The maximum atomic E-state index is 13.7. The summed E-state index contributed by atoms with van der Waals surface area (Å²) in [5.74, 6) is -1.15. The maximum Gasteiger partial charge on any atom is 0.417 e. The number of piperidine rings is 1. The molecule has 0 bridgehead atoms. The number of rotatable bonds is 24. The van der Waals surface area contributed by atoms with Crippen LogP contribution in [0.5, 0.6) is 0 Å². The van der Waals surface area contributed by atoms with E-state index in [4.69, 9.17) is 36.1 Å². The van der Waals surface area contributed by atoms with Crippen LogP contribution in [0.15, 0.2) is 70.9 Å². The fraction of sp³-hybridized carbons (Fsp3) is 0.477. The molecule has 1 aliphatic heterocycles. The zero-order valence-electron chi connectivity index (χ0n) is 37.0. The summed E-state index contributed by atoms with van der Waals surface area (Å²) in [6.07, 6.45) is -1.34. The zero-order chi connectivity index (χ0) is 48.0. The van der Waals surface area contributed by atoms with Gasteiger partial charge in [0.05, 0.1) is 67.7 Å². The molecule has 1 unspecified atom stereocenters. The number of hydrogen-bond acceptors (Lipinski definition) is 12. The first-order valence-electron chi connectivity index (χ1n) is 21.1. The van der Waals surface area contributed by atoms with E-state index in [1.165, 1.54) is 17.8 Å². The Bertz CT molecular complexity index is 2170. The van der Waals surface area contributed by atoms with Gasteiger partial charge in [-0.15, -0.1) is 0 Å². The molecule has 4 N–H and O–H groups in total. The molecule has 4 amide bonds. The van der Waals surface area contributed by atoms with Gasteiger partial charge in [-0.2, -0.15) is 30.0 Å². The monoisotopic (exact) mass is 961 g/mol. The third-order valence-corrected chi connectivity index (χ3v) is 10.8. The number of nitrogens with zero attached hydrogens (tertiary/aromatic N) is 5. The minimum atomic E-state index is -4.68. The summed E-state index contributed by atoms with van der Waals surface area (Å²) in [6, 6.07) is 14.1.